The summed E-state index contributed by atoms with van der Waals surface area (Å²) < 4.78 is 10.5. The number of carbonyl (C=O) groups is 3. The molecule has 0 saturated heterocycles. The number of ether oxygens (including phenoxy) is 2. The number of hydrogen-bond donors (Lipinski definition) is 2. The second-order valence-corrected chi connectivity index (χ2v) is 11.1. The van der Waals surface area contributed by atoms with Crippen molar-refractivity contribution in [2.75, 3.05) is 24.3 Å². The summed E-state index contributed by atoms with van der Waals surface area (Å²) in [5.74, 6) is -1.00. The van der Waals surface area contributed by atoms with Crippen molar-refractivity contribution in [3.63, 3.8) is 0 Å². The van der Waals surface area contributed by atoms with Crippen LogP contribution >= 0.6 is 22.7 Å². The van der Waals surface area contributed by atoms with Crippen LogP contribution in [0.15, 0.2) is 24.3 Å². The highest BCUT2D eigenvalue weighted by molar-refractivity contribution is 7.17. The zero-order chi connectivity index (χ0) is 25.8. The van der Waals surface area contributed by atoms with Crippen LogP contribution in [-0.4, -0.2) is 36.0 Å². The Morgan fingerprint density at radius 2 is 1.92 bits per heavy atom. The molecule has 1 amide bonds. The third kappa shape index (κ3) is 5.93. The SMILES string of the molecule is CCOC(=O)c1c(NC(=O)COC(=O)Cc2sc(N)nc2-c2ccc(C)cc2)sc2c1CC[C@@H](C)C2. The second-order valence-electron chi connectivity index (χ2n) is 8.85. The molecule has 0 unspecified atom stereocenters. The lowest BCUT2D eigenvalue weighted by Crippen LogP contribution is -2.22. The Balaban J connectivity index is 1.41. The number of carbonyl (C=O) groups excluding carboxylic acids is 3. The summed E-state index contributed by atoms with van der Waals surface area (Å²) in [6, 6.07) is 7.78. The molecule has 1 aliphatic carbocycles. The zero-order valence-electron chi connectivity index (χ0n) is 20.5. The van der Waals surface area contributed by atoms with Gasteiger partial charge in [-0.05, 0) is 44.6 Å². The topological polar surface area (TPSA) is 121 Å². The lowest BCUT2D eigenvalue weighted by molar-refractivity contribution is -0.146. The quantitative estimate of drug-likeness (QED) is 0.404. The minimum Gasteiger partial charge on any atom is -0.462 e. The number of aryl methyl sites for hydroxylation is 1. The minimum atomic E-state index is -0.563. The van der Waals surface area contributed by atoms with E-state index in [2.05, 4.69) is 17.2 Å². The van der Waals surface area contributed by atoms with Crippen LogP contribution in [0.25, 0.3) is 11.3 Å². The van der Waals surface area contributed by atoms with E-state index in [4.69, 9.17) is 15.2 Å². The maximum absolute atomic E-state index is 12.6. The van der Waals surface area contributed by atoms with E-state index in [0.717, 1.165) is 40.8 Å². The van der Waals surface area contributed by atoms with Crippen LogP contribution in [0.4, 0.5) is 10.1 Å². The van der Waals surface area contributed by atoms with Gasteiger partial charge in [-0.3, -0.25) is 9.59 Å². The summed E-state index contributed by atoms with van der Waals surface area (Å²) in [6.45, 7) is 5.69. The maximum atomic E-state index is 12.6. The summed E-state index contributed by atoms with van der Waals surface area (Å²) >= 11 is 2.61. The highest BCUT2D eigenvalue weighted by atomic mass is 32.1. The number of thiazole rings is 1. The van der Waals surface area contributed by atoms with Crippen molar-refractivity contribution in [1.82, 2.24) is 4.98 Å². The fraction of sp³-hybridized carbons (Fsp3) is 0.385. The molecule has 36 heavy (non-hydrogen) atoms. The van der Waals surface area contributed by atoms with Crippen LogP contribution in [0.2, 0.25) is 0 Å². The van der Waals surface area contributed by atoms with Crippen molar-refractivity contribution in [1.29, 1.82) is 0 Å². The van der Waals surface area contributed by atoms with E-state index < -0.39 is 24.5 Å². The summed E-state index contributed by atoms with van der Waals surface area (Å²) in [5, 5.41) is 3.56. The number of nitrogens with two attached hydrogens (primary N) is 1. The molecule has 1 aliphatic rings. The summed E-state index contributed by atoms with van der Waals surface area (Å²) in [7, 11) is 0. The highest BCUT2D eigenvalue weighted by Gasteiger charge is 2.29. The van der Waals surface area contributed by atoms with Gasteiger partial charge in [0.1, 0.15) is 5.00 Å². The lowest BCUT2D eigenvalue weighted by Gasteiger charge is -2.18. The molecule has 2 aromatic heterocycles. The molecule has 0 radical (unpaired) electrons. The van der Waals surface area contributed by atoms with E-state index >= 15 is 0 Å². The molecule has 8 nitrogen and oxygen atoms in total. The van der Waals surface area contributed by atoms with Crippen LogP contribution in [0, 0.1) is 12.8 Å². The Bertz CT molecular complexity index is 1280. The molecule has 3 aromatic rings. The van der Waals surface area contributed by atoms with E-state index in [-0.39, 0.29) is 13.0 Å². The maximum Gasteiger partial charge on any atom is 0.341 e. The molecular weight excluding hydrogens is 498 g/mol. The third-order valence-corrected chi connectivity index (χ3v) is 8.01. The Hall–Kier alpha value is -3.24. The van der Waals surface area contributed by atoms with Crippen molar-refractivity contribution in [3.05, 3.63) is 50.7 Å². The number of hydrogen-bond acceptors (Lipinski definition) is 9. The first-order valence-corrected chi connectivity index (χ1v) is 13.5. The molecule has 1 atom stereocenters. The number of nitrogens with zero attached hydrogens (tertiary/aromatic N) is 1. The third-order valence-electron chi connectivity index (χ3n) is 5.95. The molecule has 1 aromatic carbocycles. The van der Waals surface area contributed by atoms with Gasteiger partial charge in [-0.25, -0.2) is 9.78 Å². The van der Waals surface area contributed by atoms with Gasteiger partial charge in [0.15, 0.2) is 11.7 Å². The smallest absolute Gasteiger partial charge is 0.341 e. The molecule has 2 heterocycles. The number of nitrogen functional groups attached to an aromatic ring is 1. The fourth-order valence-corrected chi connectivity index (χ4v) is 6.43. The van der Waals surface area contributed by atoms with Gasteiger partial charge in [0, 0.05) is 15.3 Å². The standard InChI is InChI=1S/C26H29N3O5S2/c1-4-33-25(32)22-17-10-7-15(3)11-18(17)35-24(22)28-20(30)13-34-21(31)12-19-23(29-26(27)36-19)16-8-5-14(2)6-9-16/h5-6,8-9,15H,4,7,10-13H2,1-3H3,(H2,27,29)(H,28,30)/t15-/m1/s1. The fourth-order valence-electron chi connectivity index (χ4n) is 4.18. The van der Waals surface area contributed by atoms with Gasteiger partial charge >= 0.3 is 11.9 Å². The van der Waals surface area contributed by atoms with E-state index in [1.807, 2.05) is 31.2 Å². The van der Waals surface area contributed by atoms with Crippen LogP contribution in [0.5, 0.6) is 0 Å². The van der Waals surface area contributed by atoms with Gasteiger partial charge in [-0.15, -0.1) is 22.7 Å². The molecule has 10 heteroatoms. The minimum absolute atomic E-state index is 0.0510. The first kappa shape index (κ1) is 25.8. The molecule has 0 bridgehead atoms. The molecule has 3 N–H and O–H groups in total. The largest absolute Gasteiger partial charge is 0.462 e. The van der Waals surface area contributed by atoms with Crippen molar-refractivity contribution in [2.24, 2.45) is 5.92 Å². The van der Waals surface area contributed by atoms with Gasteiger partial charge in [0.25, 0.3) is 5.91 Å². The van der Waals surface area contributed by atoms with Gasteiger partial charge in [-0.2, -0.15) is 0 Å². The van der Waals surface area contributed by atoms with Crippen molar-refractivity contribution < 1.29 is 23.9 Å². The van der Waals surface area contributed by atoms with Crippen LogP contribution in [0.1, 0.15) is 51.5 Å². The summed E-state index contributed by atoms with van der Waals surface area (Å²) in [5.41, 5.74) is 9.88. The lowest BCUT2D eigenvalue weighted by atomic mass is 9.88. The Morgan fingerprint density at radius 3 is 2.64 bits per heavy atom. The average Bonchev–Trinajstić information content (AvgIpc) is 3.37. The predicted molar refractivity (Wildman–Crippen MR) is 141 cm³/mol. The first-order valence-electron chi connectivity index (χ1n) is 11.8. The van der Waals surface area contributed by atoms with E-state index in [1.165, 1.54) is 22.7 Å². The number of thiophene rings is 1. The normalized spacial score (nSPS) is 14.7. The van der Waals surface area contributed by atoms with Crippen LogP contribution < -0.4 is 11.1 Å². The summed E-state index contributed by atoms with van der Waals surface area (Å²) in [4.78, 5) is 43.9. The van der Waals surface area contributed by atoms with Crippen molar-refractivity contribution in [2.45, 2.75) is 46.5 Å². The molecular formula is C26H29N3O5S2. The second kappa shape index (κ2) is 11.2. The monoisotopic (exact) mass is 527 g/mol. The average molecular weight is 528 g/mol. The number of fused-ring (bicyclic) bond motifs is 1. The summed E-state index contributed by atoms with van der Waals surface area (Å²) in [6.07, 6.45) is 2.56. The van der Waals surface area contributed by atoms with Crippen LogP contribution in [0.3, 0.4) is 0 Å². The molecule has 190 valence electrons. The number of rotatable bonds is 8. The Kier molecular flexibility index (Phi) is 8.05. The molecule has 0 saturated carbocycles. The number of benzene rings is 1. The molecule has 4 rings (SSSR count). The predicted octanol–water partition coefficient (Wildman–Crippen LogP) is 4.79. The first-order chi connectivity index (χ1) is 17.2. The Labute approximate surface area is 217 Å². The number of amides is 1. The van der Waals surface area contributed by atoms with Gasteiger partial charge in [0.05, 0.1) is 24.3 Å². The molecule has 0 fully saturated rings. The Morgan fingerprint density at radius 1 is 1.17 bits per heavy atom. The van der Waals surface area contributed by atoms with Gasteiger partial charge in [0.2, 0.25) is 0 Å². The van der Waals surface area contributed by atoms with Crippen LogP contribution in [-0.2, 0) is 38.3 Å². The highest BCUT2D eigenvalue weighted by Crippen LogP contribution is 2.40. The zero-order valence-corrected chi connectivity index (χ0v) is 22.1. The number of aromatic nitrogens is 1. The molecule has 0 spiro atoms. The van der Waals surface area contributed by atoms with Gasteiger partial charge in [-0.1, -0.05) is 36.8 Å². The van der Waals surface area contributed by atoms with E-state index in [0.29, 0.717) is 32.2 Å². The van der Waals surface area contributed by atoms with Gasteiger partial charge < -0.3 is 20.5 Å². The van der Waals surface area contributed by atoms with Crippen molar-refractivity contribution >= 4 is 50.7 Å². The number of esters is 2. The van der Waals surface area contributed by atoms with E-state index in [1.54, 1.807) is 6.92 Å². The van der Waals surface area contributed by atoms with E-state index in [9.17, 15) is 14.4 Å². The number of nitrogens with one attached hydrogen (secondary N) is 1. The number of anilines is 2. The molecule has 0 aliphatic heterocycles. The van der Waals surface area contributed by atoms with Crippen molar-refractivity contribution in [3.8, 4) is 11.3 Å².